The molecule has 0 bridgehead atoms. The quantitative estimate of drug-likeness (QED) is 0.593. The molecular formula is C21H18FNO4S. The van der Waals surface area contributed by atoms with E-state index >= 15 is 0 Å². The van der Waals surface area contributed by atoms with Gasteiger partial charge in [-0.1, -0.05) is 18.2 Å². The van der Waals surface area contributed by atoms with Crippen LogP contribution in [0.3, 0.4) is 0 Å². The van der Waals surface area contributed by atoms with Gasteiger partial charge >= 0.3 is 5.97 Å². The number of carbonyl (C=O) groups is 2. The maximum Gasteiger partial charge on any atom is 0.350 e. The van der Waals surface area contributed by atoms with Crippen molar-refractivity contribution in [3.8, 4) is 16.2 Å². The van der Waals surface area contributed by atoms with E-state index in [-0.39, 0.29) is 23.2 Å². The molecule has 1 N–H and O–H groups in total. The maximum atomic E-state index is 13.2. The second-order valence-corrected chi connectivity index (χ2v) is 6.82. The zero-order valence-electron chi connectivity index (χ0n) is 15.3. The topological polar surface area (TPSA) is 64.6 Å². The van der Waals surface area contributed by atoms with Crippen LogP contribution < -0.4 is 10.1 Å². The van der Waals surface area contributed by atoms with Gasteiger partial charge in [0.05, 0.1) is 19.4 Å². The first-order valence-corrected chi connectivity index (χ1v) is 9.35. The lowest BCUT2D eigenvalue weighted by atomic mass is 10.1. The number of ether oxygens (including phenoxy) is 2. The number of esters is 1. The maximum absolute atomic E-state index is 13.2. The summed E-state index contributed by atoms with van der Waals surface area (Å²) in [7, 11) is 1.52. The van der Waals surface area contributed by atoms with E-state index in [4.69, 9.17) is 9.47 Å². The smallest absolute Gasteiger partial charge is 0.350 e. The number of benzene rings is 2. The van der Waals surface area contributed by atoms with Crippen molar-refractivity contribution in [2.45, 2.75) is 6.92 Å². The summed E-state index contributed by atoms with van der Waals surface area (Å²) in [6, 6.07) is 14.3. The van der Waals surface area contributed by atoms with Crippen LogP contribution in [0.15, 0.2) is 54.6 Å². The highest BCUT2D eigenvalue weighted by molar-refractivity contribution is 7.18. The molecule has 0 saturated carbocycles. The Kier molecular flexibility index (Phi) is 6.06. The van der Waals surface area contributed by atoms with Gasteiger partial charge < -0.3 is 14.8 Å². The molecule has 1 aromatic heterocycles. The zero-order chi connectivity index (χ0) is 20.1. The van der Waals surface area contributed by atoms with Crippen molar-refractivity contribution in [1.82, 2.24) is 0 Å². The molecule has 0 radical (unpaired) electrons. The molecule has 0 atom stereocenters. The molecule has 144 valence electrons. The molecule has 3 rings (SSSR count). The summed E-state index contributed by atoms with van der Waals surface area (Å²) < 4.78 is 23.4. The molecule has 7 heteroatoms. The zero-order valence-corrected chi connectivity index (χ0v) is 16.1. The van der Waals surface area contributed by atoms with Crippen LogP contribution in [0.25, 0.3) is 10.4 Å². The van der Waals surface area contributed by atoms with Gasteiger partial charge in [-0.2, -0.15) is 0 Å². The number of methoxy groups -OCH3 is 1. The van der Waals surface area contributed by atoms with Crippen molar-refractivity contribution in [2.75, 3.05) is 19.0 Å². The first-order valence-electron chi connectivity index (χ1n) is 8.54. The molecule has 0 saturated heterocycles. The fourth-order valence-corrected chi connectivity index (χ4v) is 3.56. The van der Waals surface area contributed by atoms with Crippen LogP contribution in [0.2, 0.25) is 0 Å². The highest BCUT2D eigenvalue weighted by atomic mass is 32.1. The van der Waals surface area contributed by atoms with Gasteiger partial charge in [-0.15, -0.1) is 11.3 Å². The minimum absolute atomic E-state index is 0.214. The van der Waals surface area contributed by atoms with E-state index in [9.17, 15) is 14.0 Å². The molecule has 28 heavy (non-hydrogen) atoms. The van der Waals surface area contributed by atoms with Gasteiger partial charge in [0.15, 0.2) is 0 Å². The van der Waals surface area contributed by atoms with E-state index in [0.717, 1.165) is 5.56 Å². The second-order valence-electron chi connectivity index (χ2n) is 5.77. The molecule has 5 nitrogen and oxygen atoms in total. The largest absolute Gasteiger partial charge is 0.497 e. The molecule has 0 aliphatic rings. The number of carbonyl (C=O) groups excluding carboxylic acids is 2. The number of anilines is 1. The molecule has 0 aliphatic heterocycles. The van der Waals surface area contributed by atoms with Crippen LogP contribution in [0.1, 0.15) is 27.0 Å². The van der Waals surface area contributed by atoms with Crippen LogP contribution in [0, 0.1) is 5.82 Å². The average Bonchev–Trinajstić information content (AvgIpc) is 3.12. The monoisotopic (exact) mass is 399 g/mol. The number of halogens is 1. The fourth-order valence-electron chi connectivity index (χ4n) is 2.55. The van der Waals surface area contributed by atoms with Crippen molar-refractivity contribution >= 4 is 28.9 Å². The lowest BCUT2D eigenvalue weighted by Crippen LogP contribution is -2.14. The van der Waals surface area contributed by atoms with Crippen LogP contribution in [0.5, 0.6) is 5.75 Å². The number of hydrogen-bond donors (Lipinski definition) is 1. The minimum Gasteiger partial charge on any atom is -0.497 e. The lowest BCUT2D eigenvalue weighted by molar-refractivity contribution is 0.0533. The van der Waals surface area contributed by atoms with Gasteiger partial charge in [0.2, 0.25) is 0 Å². The second kappa shape index (κ2) is 8.67. The van der Waals surface area contributed by atoms with Gasteiger partial charge in [-0.25, -0.2) is 9.18 Å². The number of amides is 1. The van der Waals surface area contributed by atoms with Crippen molar-refractivity contribution in [3.63, 3.8) is 0 Å². The van der Waals surface area contributed by atoms with Crippen molar-refractivity contribution < 1.29 is 23.5 Å². The molecule has 0 fully saturated rings. The normalized spacial score (nSPS) is 10.4. The van der Waals surface area contributed by atoms with E-state index in [2.05, 4.69) is 5.32 Å². The molecule has 1 heterocycles. The van der Waals surface area contributed by atoms with Crippen molar-refractivity contribution in [3.05, 3.63) is 70.9 Å². The standard InChI is InChI=1S/C21H18FNO4S/c1-3-27-21(25)19-17(12-18(28-19)13-7-9-15(22)10-8-13)23-20(24)14-5-4-6-16(11-14)26-2/h4-12H,3H2,1-2H3,(H,23,24). The van der Waals surface area contributed by atoms with E-state index in [1.807, 2.05) is 0 Å². The summed E-state index contributed by atoms with van der Waals surface area (Å²) in [6.45, 7) is 1.92. The van der Waals surface area contributed by atoms with E-state index in [1.165, 1.54) is 30.6 Å². The van der Waals surface area contributed by atoms with E-state index in [0.29, 0.717) is 21.9 Å². The summed E-state index contributed by atoms with van der Waals surface area (Å²) in [5.41, 5.74) is 1.47. The summed E-state index contributed by atoms with van der Waals surface area (Å²) in [6.07, 6.45) is 0. The predicted octanol–water partition coefficient (Wildman–Crippen LogP) is 4.99. The van der Waals surface area contributed by atoms with Gasteiger partial charge in [0, 0.05) is 10.4 Å². The highest BCUT2D eigenvalue weighted by Crippen LogP contribution is 2.35. The molecular weight excluding hydrogens is 381 g/mol. The Labute approximate surface area is 165 Å². The first-order chi connectivity index (χ1) is 13.5. The average molecular weight is 399 g/mol. The SMILES string of the molecule is CCOC(=O)c1sc(-c2ccc(F)cc2)cc1NC(=O)c1cccc(OC)c1. The van der Waals surface area contributed by atoms with Gasteiger partial charge in [-0.05, 0) is 48.9 Å². The Bertz CT molecular complexity index is 998. The van der Waals surface area contributed by atoms with Crippen molar-refractivity contribution in [2.24, 2.45) is 0 Å². The highest BCUT2D eigenvalue weighted by Gasteiger charge is 2.20. The fraction of sp³-hybridized carbons (Fsp3) is 0.143. The summed E-state index contributed by atoms with van der Waals surface area (Å²) >= 11 is 1.17. The third kappa shape index (κ3) is 4.37. The van der Waals surface area contributed by atoms with Crippen LogP contribution in [0.4, 0.5) is 10.1 Å². The lowest BCUT2D eigenvalue weighted by Gasteiger charge is -2.07. The number of nitrogens with one attached hydrogen (secondary N) is 1. The third-order valence-electron chi connectivity index (χ3n) is 3.90. The molecule has 0 aliphatic carbocycles. The van der Waals surface area contributed by atoms with Crippen LogP contribution in [-0.4, -0.2) is 25.6 Å². The molecule has 1 amide bonds. The van der Waals surface area contributed by atoms with Crippen LogP contribution >= 0.6 is 11.3 Å². The Morgan fingerprint density at radius 2 is 1.86 bits per heavy atom. The third-order valence-corrected chi connectivity index (χ3v) is 5.07. The Morgan fingerprint density at radius 3 is 2.54 bits per heavy atom. The molecule has 3 aromatic rings. The van der Waals surface area contributed by atoms with E-state index in [1.54, 1.807) is 49.4 Å². The van der Waals surface area contributed by atoms with Gasteiger partial charge in [0.25, 0.3) is 5.91 Å². The van der Waals surface area contributed by atoms with Crippen LogP contribution in [-0.2, 0) is 4.74 Å². The van der Waals surface area contributed by atoms with Crippen molar-refractivity contribution in [1.29, 1.82) is 0 Å². The van der Waals surface area contributed by atoms with E-state index < -0.39 is 5.97 Å². The summed E-state index contributed by atoms with van der Waals surface area (Å²) in [4.78, 5) is 26.0. The minimum atomic E-state index is -0.526. The number of rotatable bonds is 6. The van der Waals surface area contributed by atoms with Gasteiger partial charge in [0.1, 0.15) is 16.4 Å². The molecule has 0 spiro atoms. The predicted molar refractivity (Wildman–Crippen MR) is 107 cm³/mol. The summed E-state index contributed by atoms with van der Waals surface area (Å²) in [5, 5.41) is 2.76. The summed E-state index contributed by atoms with van der Waals surface area (Å²) in [5.74, 6) is -0.706. The Balaban J connectivity index is 1.94. The number of thiophene rings is 1. The Morgan fingerprint density at radius 1 is 1.11 bits per heavy atom. The number of hydrogen-bond acceptors (Lipinski definition) is 5. The Hall–Kier alpha value is -3.19. The molecule has 2 aromatic carbocycles. The van der Waals surface area contributed by atoms with Gasteiger partial charge in [-0.3, -0.25) is 4.79 Å². The molecule has 0 unspecified atom stereocenters. The first kappa shape index (κ1) is 19.6.